The molecule has 0 aliphatic carbocycles. The van der Waals surface area contributed by atoms with Gasteiger partial charge in [0.2, 0.25) is 5.95 Å². The molecule has 1 N–H and O–H groups in total. The fraction of sp³-hybridized carbons (Fsp3) is 0.308. The number of anilines is 2. The van der Waals surface area contributed by atoms with Gasteiger partial charge in [-0.2, -0.15) is 0 Å². The first kappa shape index (κ1) is 23.9. The molecule has 2 heterocycles. The lowest BCUT2D eigenvalue weighted by Crippen LogP contribution is -2.20. The van der Waals surface area contributed by atoms with Gasteiger partial charge in [-0.3, -0.25) is 4.90 Å². The minimum absolute atomic E-state index is 0.0554. The summed E-state index contributed by atoms with van der Waals surface area (Å²) in [5.74, 6) is 1.30. The zero-order valence-electron chi connectivity index (χ0n) is 19.8. The first-order valence-corrected chi connectivity index (χ1v) is 13.0. The van der Waals surface area contributed by atoms with E-state index in [4.69, 9.17) is 9.72 Å². The molecule has 0 atom stereocenters. The first-order valence-electron chi connectivity index (χ1n) is 11.4. The summed E-state index contributed by atoms with van der Waals surface area (Å²) in [5, 5.41) is 3.25. The zero-order chi connectivity index (χ0) is 24.1. The van der Waals surface area contributed by atoms with Gasteiger partial charge in [-0.25, -0.2) is 18.4 Å². The fourth-order valence-corrected chi connectivity index (χ4v) is 4.98. The molecule has 3 aromatic rings. The summed E-state index contributed by atoms with van der Waals surface area (Å²) in [6.07, 6.45) is 6.74. The molecule has 0 fully saturated rings. The predicted octanol–water partition coefficient (Wildman–Crippen LogP) is 4.76. The van der Waals surface area contributed by atoms with E-state index in [1.165, 1.54) is 0 Å². The number of ether oxygens (including phenoxy) is 1. The number of nitrogens with one attached hydrogen (secondary N) is 1. The lowest BCUT2D eigenvalue weighted by molar-refractivity contribution is 0.324. The van der Waals surface area contributed by atoms with Gasteiger partial charge in [0.05, 0.1) is 22.9 Å². The maximum absolute atomic E-state index is 12.7. The van der Waals surface area contributed by atoms with Crippen molar-refractivity contribution in [2.24, 2.45) is 0 Å². The number of benzene rings is 2. The standard InChI is InChI=1S/C26H30N4O3S/c1-4-34(31,32)24-12-11-22-15-21(24)18-30(3)13-6-5-7-14-33-23-10-8-9-20(16-23)25-19(2)17-27-26(28-22)29-25/h5-6,8-12,15-17H,4,7,13-14,18H2,1-3H3,(H,27,28,29)/b6-5+. The van der Waals surface area contributed by atoms with Gasteiger partial charge in [-0.1, -0.05) is 31.2 Å². The van der Waals surface area contributed by atoms with E-state index in [0.717, 1.165) is 40.2 Å². The molecule has 1 aromatic heterocycles. The second kappa shape index (κ2) is 10.4. The molecule has 4 rings (SSSR count). The highest BCUT2D eigenvalue weighted by molar-refractivity contribution is 7.91. The maximum atomic E-state index is 12.7. The number of sulfone groups is 1. The van der Waals surface area contributed by atoms with E-state index in [1.54, 1.807) is 25.3 Å². The maximum Gasteiger partial charge on any atom is 0.227 e. The largest absolute Gasteiger partial charge is 0.493 e. The van der Waals surface area contributed by atoms with Crippen LogP contribution in [-0.4, -0.2) is 49.2 Å². The lowest BCUT2D eigenvalue weighted by Gasteiger charge is -2.19. The second-order valence-electron chi connectivity index (χ2n) is 8.41. The first-order chi connectivity index (χ1) is 16.4. The quantitative estimate of drug-likeness (QED) is 0.532. The molecule has 0 saturated carbocycles. The third kappa shape index (κ3) is 5.63. The highest BCUT2D eigenvalue weighted by atomic mass is 32.2. The fourth-order valence-electron chi connectivity index (χ4n) is 3.87. The average molecular weight is 479 g/mol. The van der Waals surface area contributed by atoms with Crippen molar-refractivity contribution in [3.05, 3.63) is 71.9 Å². The van der Waals surface area contributed by atoms with Gasteiger partial charge in [-0.05, 0) is 61.9 Å². The summed E-state index contributed by atoms with van der Waals surface area (Å²) in [4.78, 5) is 11.6. The van der Waals surface area contributed by atoms with Crippen LogP contribution in [0.15, 0.2) is 65.7 Å². The Hall–Kier alpha value is -3.23. The Labute approximate surface area is 201 Å². The number of hydrogen-bond donors (Lipinski definition) is 1. The van der Waals surface area contributed by atoms with Gasteiger partial charge in [-0.15, -0.1) is 0 Å². The van der Waals surface area contributed by atoms with E-state index in [-0.39, 0.29) is 5.75 Å². The van der Waals surface area contributed by atoms with E-state index in [1.807, 2.05) is 44.3 Å². The van der Waals surface area contributed by atoms with Gasteiger partial charge in [0.25, 0.3) is 0 Å². The van der Waals surface area contributed by atoms with Crippen molar-refractivity contribution >= 4 is 21.5 Å². The zero-order valence-corrected chi connectivity index (χ0v) is 20.6. The molecule has 1 aliphatic heterocycles. The van der Waals surface area contributed by atoms with Crippen LogP contribution in [-0.2, 0) is 16.4 Å². The normalized spacial score (nSPS) is 16.0. The Bertz CT molecular complexity index is 1310. The molecule has 6 bridgehead atoms. The number of hydrogen-bond acceptors (Lipinski definition) is 7. The number of aromatic nitrogens is 2. The van der Waals surface area contributed by atoms with Crippen molar-refractivity contribution < 1.29 is 13.2 Å². The molecule has 0 radical (unpaired) electrons. The van der Waals surface area contributed by atoms with E-state index in [9.17, 15) is 8.42 Å². The summed E-state index contributed by atoms with van der Waals surface area (Å²) in [7, 11) is -1.38. The number of aryl methyl sites for hydroxylation is 1. The number of fused-ring (bicyclic) bond motifs is 7. The Morgan fingerprint density at radius 2 is 2.00 bits per heavy atom. The molecule has 178 valence electrons. The molecular formula is C26H30N4O3S. The van der Waals surface area contributed by atoms with Gasteiger partial charge in [0, 0.05) is 30.5 Å². The third-order valence-corrected chi connectivity index (χ3v) is 7.52. The van der Waals surface area contributed by atoms with Crippen LogP contribution >= 0.6 is 0 Å². The lowest BCUT2D eigenvalue weighted by atomic mass is 10.1. The van der Waals surface area contributed by atoms with E-state index in [0.29, 0.717) is 30.5 Å². The third-order valence-electron chi connectivity index (χ3n) is 5.69. The van der Waals surface area contributed by atoms with Crippen molar-refractivity contribution in [3.8, 4) is 17.0 Å². The Balaban J connectivity index is 1.78. The molecule has 0 unspecified atom stereocenters. The Kier molecular flexibility index (Phi) is 7.29. The molecule has 0 spiro atoms. The molecule has 2 aromatic carbocycles. The number of likely N-dealkylation sites (N-methyl/N-ethyl adjacent to an activating group) is 1. The van der Waals surface area contributed by atoms with Crippen molar-refractivity contribution in [1.82, 2.24) is 14.9 Å². The summed E-state index contributed by atoms with van der Waals surface area (Å²) in [6, 6.07) is 13.2. The summed E-state index contributed by atoms with van der Waals surface area (Å²) < 4.78 is 31.4. The van der Waals surface area contributed by atoms with Gasteiger partial charge >= 0.3 is 0 Å². The van der Waals surface area contributed by atoms with Crippen LogP contribution in [0.3, 0.4) is 0 Å². The van der Waals surface area contributed by atoms with E-state index in [2.05, 4.69) is 27.4 Å². The molecule has 0 amide bonds. The SMILES string of the molecule is CCS(=O)(=O)c1ccc2cc1CN(C)C/C=C/CCOc1cccc(c1)-c1nc(ncc1C)N2. The second-order valence-corrected chi connectivity index (χ2v) is 10.7. The Morgan fingerprint density at radius 3 is 2.82 bits per heavy atom. The summed E-state index contributed by atoms with van der Waals surface area (Å²) in [5.41, 5.74) is 4.19. The van der Waals surface area contributed by atoms with Crippen molar-refractivity contribution in [2.75, 3.05) is 31.3 Å². The van der Waals surface area contributed by atoms with Crippen LogP contribution < -0.4 is 10.1 Å². The highest BCUT2D eigenvalue weighted by Crippen LogP contribution is 2.28. The number of nitrogens with zero attached hydrogens (tertiary/aromatic N) is 3. The molecule has 8 heteroatoms. The Morgan fingerprint density at radius 1 is 1.15 bits per heavy atom. The molecular weight excluding hydrogens is 448 g/mol. The van der Waals surface area contributed by atoms with Crippen molar-refractivity contribution in [1.29, 1.82) is 0 Å². The number of rotatable bonds is 2. The van der Waals surface area contributed by atoms with E-state index < -0.39 is 9.84 Å². The van der Waals surface area contributed by atoms with Crippen LogP contribution in [0.4, 0.5) is 11.6 Å². The minimum Gasteiger partial charge on any atom is -0.493 e. The highest BCUT2D eigenvalue weighted by Gasteiger charge is 2.18. The summed E-state index contributed by atoms with van der Waals surface area (Å²) >= 11 is 0. The molecule has 34 heavy (non-hydrogen) atoms. The van der Waals surface area contributed by atoms with Crippen LogP contribution in [0.5, 0.6) is 5.75 Å². The van der Waals surface area contributed by atoms with Crippen molar-refractivity contribution in [3.63, 3.8) is 0 Å². The van der Waals surface area contributed by atoms with E-state index >= 15 is 0 Å². The monoisotopic (exact) mass is 478 g/mol. The van der Waals surface area contributed by atoms with Crippen LogP contribution in [0.1, 0.15) is 24.5 Å². The molecule has 7 nitrogen and oxygen atoms in total. The van der Waals surface area contributed by atoms with Gasteiger partial charge in [0.15, 0.2) is 9.84 Å². The van der Waals surface area contributed by atoms with Crippen molar-refractivity contribution in [2.45, 2.75) is 31.7 Å². The average Bonchev–Trinajstić information content (AvgIpc) is 2.82. The topological polar surface area (TPSA) is 84.4 Å². The van der Waals surface area contributed by atoms with Crippen LogP contribution in [0.2, 0.25) is 0 Å². The van der Waals surface area contributed by atoms with Crippen LogP contribution in [0, 0.1) is 6.92 Å². The minimum atomic E-state index is -3.36. The van der Waals surface area contributed by atoms with Gasteiger partial charge in [0.1, 0.15) is 5.75 Å². The summed E-state index contributed by atoms with van der Waals surface area (Å²) in [6.45, 7) is 5.40. The predicted molar refractivity (Wildman–Crippen MR) is 135 cm³/mol. The van der Waals surface area contributed by atoms with Gasteiger partial charge < -0.3 is 10.1 Å². The smallest absolute Gasteiger partial charge is 0.227 e. The van der Waals surface area contributed by atoms with Crippen LogP contribution in [0.25, 0.3) is 11.3 Å². The molecule has 1 aliphatic rings. The molecule has 0 saturated heterocycles.